The number of hydrogen-bond donors (Lipinski definition) is 0. The number of amides is 3. The predicted octanol–water partition coefficient (Wildman–Crippen LogP) is 5.81. The van der Waals surface area contributed by atoms with E-state index >= 15 is 0 Å². The summed E-state index contributed by atoms with van der Waals surface area (Å²) in [5.41, 5.74) is -0.793. The quantitative estimate of drug-likeness (QED) is 0.456. The van der Waals surface area contributed by atoms with E-state index in [0.717, 1.165) is 39.0 Å². The Bertz CT molecular complexity index is 721. The minimum atomic E-state index is -0.363. The molecule has 2 aliphatic heterocycles. The molecule has 7 nitrogen and oxygen atoms in total. The lowest BCUT2D eigenvalue weighted by molar-refractivity contribution is -0.144. The van der Waals surface area contributed by atoms with E-state index < -0.39 is 0 Å². The van der Waals surface area contributed by atoms with Crippen LogP contribution in [0, 0.1) is 16.2 Å². The molecule has 0 aromatic rings. The molecule has 0 unspecified atom stereocenters. The molecule has 0 atom stereocenters. The molecule has 3 amide bonds. The van der Waals surface area contributed by atoms with Crippen molar-refractivity contribution in [1.82, 2.24) is 14.7 Å². The first-order valence-corrected chi connectivity index (χ1v) is 13.7. The number of rotatable bonds is 2. The van der Waals surface area contributed by atoms with Gasteiger partial charge in [0.2, 0.25) is 17.7 Å². The summed E-state index contributed by atoms with van der Waals surface area (Å²) in [5.74, 6) is 0.797. The van der Waals surface area contributed by atoms with Crippen molar-refractivity contribution in [3.63, 3.8) is 0 Å². The van der Waals surface area contributed by atoms with Gasteiger partial charge in [0.1, 0.15) is 0 Å². The van der Waals surface area contributed by atoms with E-state index in [1.165, 1.54) is 19.3 Å². The summed E-state index contributed by atoms with van der Waals surface area (Å²) in [7, 11) is 1.86. The number of ketones is 1. The van der Waals surface area contributed by atoms with Crippen LogP contribution in [-0.4, -0.2) is 78.0 Å². The summed E-state index contributed by atoms with van der Waals surface area (Å²) in [6.45, 7) is 23.4. The molecule has 0 N–H and O–H groups in total. The Morgan fingerprint density at radius 3 is 1.54 bits per heavy atom. The summed E-state index contributed by atoms with van der Waals surface area (Å²) >= 11 is 0. The second kappa shape index (κ2) is 16.1. The van der Waals surface area contributed by atoms with E-state index in [4.69, 9.17) is 0 Å². The van der Waals surface area contributed by atoms with E-state index in [1.54, 1.807) is 9.80 Å². The number of likely N-dealkylation sites (tertiary alicyclic amines) is 2. The van der Waals surface area contributed by atoms with Crippen LogP contribution in [-0.2, 0) is 19.2 Å². The molecular formula is C30H59N3O4. The van der Waals surface area contributed by atoms with Crippen LogP contribution < -0.4 is 0 Å². The Balaban J connectivity index is 0. The van der Waals surface area contributed by atoms with Gasteiger partial charge in [-0.2, -0.15) is 0 Å². The fourth-order valence-electron chi connectivity index (χ4n) is 4.07. The average molecular weight is 526 g/mol. The Kier molecular flexibility index (Phi) is 16.2. The van der Waals surface area contributed by atoms with Gasteiger partial charge in [0, 0.05) is 55.9 Å². The van der Waals surface area contributed by atoms with Crippen molar-refractivity contribution in [2.45, 2.75) is 115 Å². The normalized spacial score (nSPS) is 16.4. The van der Waals surface area contributed by atoms with Gasteiger partial charge in [-0.05, 0) is 32.1 Å². The van der Waals surface area contributed by atoms with Gasteiger partial charge < -0.3 is 14.7 Å². The monoisotopic (exact) mass is 525 g/mol. The topological polar surface area (TPSA) is 78.0 Å². The third-order valence-corrected chi connectivity index (χ3v) is 6.01. The minimum absolute atomic E-state index is 0. The van der Waals surface area contributed by atoms with E-state index in [9.17, 15) is 19.2 Å². The maximum Gasteiger partial charge on any atom is 0.228 e. The maximum absolute atomic E-state index is 11.7. The molecule has 7 heteroatoms. The van der Waals surface area contributed by atoms with Crippen molar-refractivity contribution in [3.05, 3.63) is 0 Å². The number of carbonyl (C=O) groups excluding carboxylic acids is 4. The largest absolute Gasteiger partial charge is 0.345 e. The molecule has 2 heterocycles. The molecule has 0 aliphatic carbocycles. The smallest absolute Gasteiger partial charge is 0.228 e. The van der Waals surface area contributed by atoms with Crippen LogP contribution in [0.3, 0.4) is 0 Å². The molecule has 0 radical (unpaired) electrons. The zero-order valence-electron chi connectivity index (χ0n) is 25.3. The molecule has 218 valence electrons. The van der Waals surface area contributed by atoms with Crippen molar-refractivity contribution < 1.29 is 19.2 Å². The molecule has 0 spiro atoms. The second-order valence-corrected chi connectivity index (χ2v) is 13.2. The molecule has 2 fully saturated rings. The van der Waals surface area contributed by atoms with Crippen LogP contribution in [0.4, 0.5) is 0 Å². The lowest BCUT2D eigenvalue weighted by Crippen LogP contribution is -2.45. The van der Waals surface area contributed by atoms with Crippen LogP contribution in [0.25, 0.3) is 0 Å². The van der Waals surface area contributed by atoms with Gasteiger partial charge in [0.05, 0.1) is 6.54 Å². The summed E-state index contributed by atoms with van der Waals surface area (Å²) in [4.78, 5) is 51.5. The Morgan fingerprint density at radius 2 is 1.16 bits per heavy atom. The SMILES string of the molecule is C.CC(C)(C)C(=O)N1CCCC(=O)C1.CC(C)(C)C(=O)N1CCCCC1.CCCN(C)C(=O)C(C)(C)C. The standard InChI is InChI=1S/C10H17NO2.C10H19NO.C9H19NO.CH4/c1-10(2,3)9(13)11-6-4-5-8(12)7-11;1-10(2,3)9(12)11-7-5-4-6-8-11;1-6-7-10(5)8(11)9(2,3)4;/h4-7H2,1-3H3;4-8H2,1-3H3;6-7H2,1-5H3;1H4. The first-order valence-electron chi connectivity index (χ1n) is 13.7. The Labute approximate surface area is 228 Å². The molecule has 2 saturated heterocycles. The van der Waals surface area contributed by atoms with Crippen molar-refractivity contribution in [3.8, 4) is 0 Å². The fraction of sp³-hybridized carbons (Fsp3) is 0.867. The van der Waals surface area contributed by atoms with Gasteiger partial charge >= 0.3 is 0 Å². The second-order valence-electron chi connectivity index (χ2n) is 13.2. The van der Waals surface area contributed by atoms with Gasteiger partial charge in [0.25, 0.3) is 0 Å². The van der Waals surface area contributed by atoms with Gasteiger partial charge in [-0.3, -0.25) is 19.2 Å². The van der Waals surface area contributed by atoms with Crippen molar-refractivity contribution in [2.75, 3.05) is 39.8 Å². The summed E-state index contributed by atoms with van der Waals surface area (Å²) < 4.78 is 0. The van der Waals surface area contributed by atoms with Crippen molar-refractivity contribution in [2.24, 2.45) is 16.2 Å². The maximum atomic E-state index is 11.7. The molecule has 2 rings (SSSR count). The van der Waals surface area contributed by atoms with Gasteiger partial charge in [0.15, 0.2) is 5.78 Å². The third kappa shape index (κ3) is 14.6. The zero-order valence-corrected chi connectivity index (χ0v) is 25.3. The molecule has 0 bridgehead atoms. The van der Waals surface area contributed by atoms with Gasteiger partial charge in [-0.15, -0.1) is 0 Å². The predicted molar refractivity (Wildman–Crippen MR) is 154 cm³/mol. The van der Waals surface area contributed by atoms with Crippen molar-refractivity contribution in [1.29, 1.82) is 0 Å². The van der Waals surface area contributed by atoms with Crippen LogP contribution in [0.5, 0.6) is 0 Å². The lowest BCUT2D eigenvalue weighted by Gasteiger charge is -2.32. The fourth-order valence-corrected chi connectivity index (χ4v) is 4.07. The highest BCUT2D eigenvalue weighted by molar-refractivity contribution is 5.89. The third-order valence-electron chi connectivity index (χ3n) is 6.01. The summed E-state index contributed by atoms with van der Waals surface area (Å²) in [6.07, 6.45) is 6.13. The van der Waals surface area contributed by atoms with E-state index in [2.05, 4.69) is 6.92 Å². The first kappa shape index (κ1) is 37.2. The van der Waals surface area contributed by atoms with Gasteiger partial charge in [-0.25, -0.2) is 0 Å². The number of hydrogen-bond acceptors (Lipinski definition) is 4. The highest BCUT2D eigenvalue weighted by Crippen LogP contribution is 2.21. The molecule has 37 heavy (non-hydrogen) atoms. The average Bonchev–Trinajstić information content (AvgIpc) is 2.77. The van der Waals surface area contributed by atoms with Crippen LogP contribution >= 0.6 is 0 Å². The van der Waals surface area contributed by atoms with Gasteiger partial charge in [-0.1, -0.05) is 76.7 Å². The van der Waals surface area contributed by atoms with Crippen LogP contribution in [0.2, 0.25) is 0 Å². The number of Topliss-reactive ketones (excluding diaryl/α,β-unsaturated/α-hetero) is 1. The van der Waals surface area contributed by atoms with E-state index in [1.807, 2.05) is 74.3 Å². The van der Waals surface area contributed by atoms with Crippen molar-refractivity contribution >= 4 is 23.5 Å². The van der Waals surface area contributed by atoms with E-state index in [0.29, 0.717) is 18.9 Å². The molecule has 0 aromatic heterocycles. The number of piperidine rings is 2. The lowest BCUT2D eigenvalue weighted by atomic mass is 9.93. The van der Waals surface area contributed by atoms with Crippen LogP contribution in [0.1, 0.15) is 115 Å². The Hall–Kier alpha value is -1.92. The molecule has 2 aliphatic rings. The highest BCUT2D eigenvalue weighted by Gasteiger charge is 2.30. The summed E-state index contributed by atoms with van der Waals surface area (Å²) in [6, 6.07) is 0. The minimum Gasteiger partial charge on any atom is -0.345 e. The molecule has 0 saturated carbocycles. The molecular weight excluding hydrogens is 466 g/mol. The number of nitrogens with zero attached hydrogens (tertiary/aromatic N) is 3. The first-order chi connectivity index (χ1) is 16.3. The summed E-state index contributed by atoms with van der Waals surface area (Å²) in [5, 5.41) is 0. The van der Waals surface area contributed by atoms with Crippen LogP contribution in [0.15, 0.2) is 0 Å². The Morgan fingerprint density at radius 1 is 0.730 bits per heavy atom. The zero-order chi connectivity index (χ0) is 28.3. The number of carbonyl (C=O) groups is 4. The molecule has 0 aromatic carbocycles. The van der Waals surface area contributed by atoms with E-state index in [-0.39, 0.29) is 41.3 Å². The highest BCUT2D eigenvalue weighted by atomic mass is 16.2.